The highest BCUT2D eigenvalue weighted by Crippen LogP contribution is 2.29. The number of anilines is 1. The van der Waals surface area contributed by atoms with Gasteiger partial charge in [-0.15, -0.1) is 0 Å². The molecule has 0 aliphatic carbocycles. The summed E-state index contributed by atoms with van der Waals surface area (Å²) in [5.74, 6) is -0.791. The number of carbonyl (C=O) groups excluding carboxylic acids is 2. The van der Waals surface area contributed by atoms with Crippen molar-refractivity contribution in [2.24, 2.45) is 0 Å². The van der Waals surface area contributed by atoms with Crippen LogP contribution in [-0.4, -0.2) is 57.0 Å². The second-order valence-electron chi connectivity index (χ2n) is 5.14. The Morgan fingerprint density at radius 1 is 1.13 bits per heavy atom. The zero-order valence-corrected chi connectivity index (χ0v) is 13.6. The maximum absolute atomic E-state index is 11.8. The van der Waals surface area contributed by atoms with Gasteiger partial charge in [-0.25, -0.2) is 0 Å². The Hall–Kier alpha value is -2.32. The summed E-state index contributed by atoms with van der Waals surface area (Å²) in [5.41, 5.74) is -0.875. The van der Waals surface area contributed by atoms with Gasteiger partial charge in [0.2, 0.25) is 0 Å². The number of carbonyl (C=O) groups is 2. The van der Waals surface area contributed by atoms with E-state index in [0.717, 1.165) is 0 Å². The Morgan fingerprint density at radius 3 is 2.35 bits per heavy atom. The molecule has 1 aromatic rings. The zero-order valence-electron chi connectivity index (χ0n) is 13.6. The predicted molar refractivity (Wildman–Crippen MR) is 83.7 cm³/mol. The smallest absolute Gasteiger partial charge is 0.313 e. The average Bonchev–Trinajstić information content (AvgIpc) is 2.52. The molecule has 1 unspecified atom stereocenters. The van der Waals surface area contributed by atoms with Gasteiger partial charge in [0.05, 0.1) is 20.8 Å². The summed E-state index contributed by atoms with van der Waals surface area (Å²) in [4.78, 5) is 23.6. The lowest BCUT2D eigenvalue weighted by molar-refractivity contribution is -0.137. The van der Waals surface area contributed by atoms with E-state index >= 15 is 0 Å². The third kappa shape index (κ3) is 5.76. The van der Waals surface area contributed by atoms with Crippen LogP contribution in [0.5, 0.6) is 11.5 Å². The molecule has 1 aromatic carbocycles. The van der Waals surface area contributed by atoms with Crippen LogP contribution in [-0.2, 0) is 14.3 Å². The molecule has 0 spiro atoms. The van der Waals surface area contributed by atoms with E-state index in [9.17, 15) is 14.7 Å². The fourth-order valence-corrected chi connectivity index (χ4v) is 1.81. The fourth-order valence-electron chi connectivity index (χ4n) is 1.81. The molecule has 8 nitrogen and oxygen atoms in total. The number of nitrogens with one attached hydrogen (secondary N) is 2. The molecule has 0 radical (unpaired) electrons. The van der Waals surface area contributed by atoms with E-state index in [2.05, 4.69) is 10.6 Å². The van der Waals surface area contributed by atoms with Crippen molar-refractivity contribution in [3.63, 3.8) is 0 Å². The van der Waals surface area contributed by atoms with Crippen molar-refractivity contribution >= 4 is 17.5 Å². The van der Waals surface area contributed by atoms with Crippen LogP contribution in [0.15, 0.2) is 18.2 Å². The SMILES string of the molecule is COCC(C)(O)CNC(=O)C(=O)Nc1ccc(OC)c(OC)c1. The van der Waals surface area contributed by atoms with Crippen molar-refractivity contribution in [1.82, 2.24) is 5.32 Å². The number of hydrogen-bond donors (Lipinski definition) is 3. The van der Waals surface area contributed by atoms with Crippen LogP contribution in [0.25, 0.3) is 0 Å². The minimum Gasteiger partial charge on any atom is -0.493 e. The summed E-state index contributed by atoms with van der Waals surface area (Å²) < 4.78 is 15.0. The first-order chi connectivity index (χ1) is 10.8. The second-order valence-corrected chi connectivity index (χ2v) is 5.14. The number of hydrogen-bond acceptors (Lipinski definition) is 6. The van der Waals surface area contributed by atoms with Gasteiger partial charge in [-0.3, -0.25) is 9.59 Å². The number of amides is 2. The molecule has 0 heterocycles. The molecule has 2 amide bonds. The zero-order chi connectivity index (χ0) is 17.5. The molecule has 3 N–H and O–H groups in total. The summed E-state index contributed by atoms with van der Waals surface area (Å²) in [5, 5.41) is 14.6. The predicted octanol–water partition coefficient (Wildman–Crippen LogP) is 0.156. The van der Waals surface area contributed by atoms with Gasteiger partial charge in [0.1, 0.15) is 5.60 Å². The normalized spacial score (nSPS) is 12.9. The van der Waals surface area contributed by atoms with Crippen molar-refractivity contribution in [2.75, 3.05) is 39.8 Å². The van der Waals surface area contributed by atoms with Gasteiger partial charge in [-0.1, -0.05) is 0 Å². The van der Waals surface area contributed by atoms with Crippen LogP contribution < -0.4 is 20.1 Å². The Labute approximate surface area is 134 Å². The Balaban J connectivity index is 2.63. The van der Waals surface area contributed by atoms with Crippen LogP contribution in [0, 0.1) is 0 Å². The summed E-state index contributed by atoms with van der Waals surface area (Å²) >= 11 is 0. The number of benzene rings is 1. The minimum absolute atomic E-state index is 0.0323. The molecule has 1 rings (SSSR count). The Bertz CT molecular complexity index is 559. The third-order valence-corrected chi connectivity index (χ3v) is 2.93. The molecule has 0 aliphatic rings. The first kappa shape index (κ1) is 18.7. The first-order valence-corrected chi connectivity index (χ1v) is 6.85. The quantitative estimate of drug-likeness (QED) is 0.616. The minimum atomic E-state index is -1.26. The van der Waals surface area contributed by atoms with Crippen molar-refractivity contribution in [3.8, 4) is 11.5 Å². The van der Waals surface area contributed by atoms with E-state index in [1.54, 1.807) is 12.1 Å². The first-order valence-electron chi connectivity index (χ1n) is 6.85. The molecule has 0 saturated heterocycles. The lowest BCUT2D eigenvalue weighted by atomic mass is 10.1. The molecule has 0 saturated carbocycles. The van der Waals surface area contributed by atoms with Crippen molar-refractivity contribution in [1.29, 1.82) is 0 Å². The fraction of sp³-hybridized carbons (Fsp3) is 0.467. The largest absolute Gasteiger partial charge is 0.493 e. The van der Waals surface area contributed by atoms with E-state index in [4.69, 9.17) is 14.2 Å². The monoisotopic (exact) mass is 326 g/mol. The highest BCUT2D eigenvalue weighted by atomic mass is 16.5. The molecular formula is C15H22N2O6. The van der Waals surface area contributed by atoms with E-state index < -0.39 is 17.4 Å². The van der Waals surface area contributed by atoms with Crippen LogP contribution in [0.4, 0.5) is 5.69 Å². The summed E-state index contributed by atoms with van der Waals surface area (Å²) in [6.07, 6.45) is 0. The summed E-state index contributed by atoms with van der Waals surface area (Å²) in [6, 6.07) is 4.72. The van der Waals surface area contributed by atoms with E-state index in [0.29, 0.717) is 17.2 Å². The van der Waals surface area contributed by atoms with E-state index in [1.165, 1.54) is 34.3 Å². The average molecular weight is 326 g/mol. The molecule has 0 fully saturated rings. The molecule has 128 valence electrons. The van der Waals surface area contributed by atoms with Gasteiger partial charge in [0.15, 0.2) is 11.5 Å². The van der Waals surface area contributed by atoms with Gasteiger partial charge in [-0.05, 0) is 19.1 Å². The van der Waals surface area contributed by atoms with E-state index in [1.807, 2.05) is 0 Å². The summed E-state index contributed by atoms with van der Waals surface area (Å²) in [6.45, 7) is 1.41. The maximum atomic E-state index is 11.8. The lowest BCUT2D eigenvalue weighted by Gasteiger charge is -2.22. The van der Waals surface area contributed by atoms with Crippen LogP contribution in [0.2, 0.25) is 0 Å². The number of ether oxygens (including phenoxy) is 3. The van der Waals surface area contributed by atoms with Crippen molar-refractivity contribution < 1.29 is 28.9 Å². The molecule has 8 heteroatoms. The third-order valence-electron chi connectivity index (χ3n) is 2.93. The maximum Gasteiger partial charge on any atom is 0.313 e. The van der Waals surface area contributed by atoms with Gasteiger partial charge in [0.25, 0.3) is 0 Å². The van der Waals surface area contributed by atoms with Gasteiger partial charge in [-0.2, -0.15) is 0 Å². The van der Waals surface area contributed by atoms with Crippen LogP contribution in [0.3, 0.4) is 0 Å². The highest BCUT2D eigenvalue weighted by Gasteiger charge is 2.23. The Morgan fingerprint density at radius 2 is 1.78 bits per heavy atom. The summed E-state index contributed by atoms with van der Waals surface area (Å²) in [7, 11) is 4.39. The lowest BCUT2D eigenvalue weighted by Crippen LogP contribution is -2.46. The molecule has 0 aliphatic heterocycles. The topological polar surface area (TPSA) is 106 Å². The number of rotatable bonds is 7. The standard InChI is InChI=1S/C15H22N2O6/c1-15(20,9-21-2)8-16-13(18)14(19)17-10-5-6-11(22-3)12(7-10)23-4/h5-7,20H,8-9H2,1-4H3,(H,16,18)(H,17,19). The van der Waals surface area contributed by atoms with Gasteiger partial charge >= 0.3 is 11.8 Å². The number of aliphatic hydroxyl groups is 1. The molecule has 1 atom stereocenters. The van der Waals surface area contributed by atoms with Crippen LogP contribution in [0.1, 0.15) is 6.92 Å². The van der Waals surface area contributed by atoms with Crippen molar-refractivity contribution in [2.45, 2.75) is 12.5 Å². The van der Waals surface area contributed by atoms with Gasteiger partial charge < -0.3 is 30.0 Å². The molecule has 23 heavy (non-hydrogen) atoms. The van der Waals surface area contributed by atoms with Crippen molar-refractivity contribution in [3.05, 3.63) is 18.2 Å². The highest BCUT2D eigenvalue weighted by molar-refractivity contribution is 6.39. The number of methoxy groups -OCH3 is 3. The molecule has 0 aromatic heterocycles. The Kier molecular flexibility index (Phi) is 6.80. The van der Waals surface area contributed by atoms with Crippen LogP contribution >= 0.6 is 0 Å². The van der Waals surface area contributed by atoms with E-state index in [-0.39, 0.29) is 13.2 Å². The van der Waals surface area contributed by atoms with Gasteiger partial charge in [0, 0.05) is 25.4 Å². The second kappa shape index (κ2) is 8.35. The molecular weight excluding hydrogens is 304 g/mol. The molecule has 0 bridgehead atoms.